The molecule has 0 unspecified atom stereocenters. The zero-order chi connectivity index (χ0) is 25.8. The molecule has 1 amide bonds. The number of hydrogen-bond acceptors (Lipinski definition) is 4. The largest absolute Gasteiger partial charge is 0.494 e. The van der Waals surface area contributed by atoms with Crippen LogP contribution in [0.4, 0.5) is 0 Å². The second-order valence-corrected chi connectivity index (χ2v) is 13.3. The molecular formula is C31H47NO4. The summed E-state index contributed by atoms with van der Waals surface area (Å²) in [4.78, 5) is 22.8. The summed E-state index contributed by atoms with van der Waals surface area (Å²) in [6, 6.07) is 0. The van der Waals surface area contributed by atoms with Crippen molar-refractivity contribution in [2.75, 3.05) is 6.54 Å². The van der Waals surface area contributed by atoms with Gasteiger partial charge >= 0.3 is 5.97 Å². The smallest absolute Gasteiger partial charge is 0.302 e. The molecule has 5 aliphatic rings. The summed E-state index contributed by atoms with van der Waals surface area (Å²) < 4.78 is 12.3. The molecule has 1 N–H and O–H groups in total. The van der Waals surface area contributed by atoms with Crippen molar-refractivity contribution >= 4 is 11.9 Å². The molecule has 0 aromatic carbocycles. The van der Waals surface area contributed by atoms with E-state index < -0.39 is 0 Å². The van der Waals surface area contributed by atoms with E-state index >= 15 is 0 Å². The van der Waals surface area contributed by atoms with E-state index in [1.165, 1.54) is 43.9 Å². The van der Waals surface area contributed by atoms with E-state index in [9.17, 15) is 9.59 Å². The molecule has 3 fully saturated rings. The van der Waals surface area contributed by atoms with Gasteiger partial charge in [-0.2, -0.15) is 0 Å². The van der Waals surface area contributed by atoms with E-state index in [1.54, 1.807) is 12.5 Å². The molecule has 0 spiro atoms. The third-order valence-electron chi connectivity index (χ3n) is 11.2. The van der Waals surface area contributed by atoms with Gasteiger partial charge in [-0.05, 0) is 91.9 Å². The number of fused-ring (bicyclic) bond motifs is 7. The molecule has 0 saturated heterocycles. The van der Waals surface area contributed by atoms with Crippen molar-refractivity contribution in [2.24, 2.45) is 40.4 Å². The Morgan fingerprint density at radius 2 is 1.97 bits per heavy atom. The fourth-order valence-corrected chi connectivity index (χ4v) is 9.34. The highest BCUT2D eigenvalue weighted by molar-refractivity contribution is 5.72. The number of carbonyl (C=O) groups excluding carboxylic acids is 2. The Labute approximate surface area is 217 Å². The lowest BCUT2D eigenvalue weighted by atomic mass is 9.47. The van der Waals surface area contributed by atoms with E-state index in [-0.39, 0.29) is 23.4 Å². The lowest BCUT2D eigenvalue weighted by Gasteiger charge is -2.58. The number of ether oxygens (including phenoxy) is 2. The number of nitrogens with one attached hydrogen (secondary N) is 1. The van der Waals surface area contributed by atoms with Crippen LogP contribution in [0.2, 0.25) is 0 Å². The van der Waals surface area contributed by atoms with Crippen molar-refractivity contribution in [1.82, 2.24) is 5.32 Å². The lowest BCUT2D eigenvalue weighted by molar-refractivity contribution is -0.148. The van der Waals surface area contributed by atoms with Crippen molar-refractivity contribution in [2.45, 2.75) is 112 Å². The number of allylic oxidation sites excluding steroid dienone is 2. The minimum Gasteiger partial charge on any atom is -0.494 e. The fourth-order valence-electron chi connectivity index (χ4n) is 9.34. The summed E-state index contributed by atoms with van der Waals surface area (Å²) in [6.45, 7) is 13.5. The van der Waals surface area contributed by atoms with Crippen molar-refractivity contribution in [3.8, 4) is 0 Å². The first-order valence-corrected chi connectivity index (χ1v) is 14.5. The Kier molecular flexibility index (Phi) is 6.83. The van der Waals surface area contributed by atoms with Gasteiger partial charge in [0.05, 0.1) is 5.76 Å². The molecule has 1 heterocycles. The normalized spacial score (nSPS) is 41.8. The average molecular weight is 498 g/mol. The van der Waals surface area contributed by atoms with Crippen LogP contribution >= 0.6 is 0 Å². The van der Waals surface area contributed by atoms with Gasteiger partial charge in [-0.3, -0.25) is 9.59 Å². The molecule has 5 nitrogen and oxygen atoms in total. The first kappa shape index (κ1) is 25.9. The number of rotatable bonds is 6. The van der Waals surface area contributed by atoms with E-state index in [2.05, 4.69) is 39.1 Å². The topological polar surface area (TPSA) is 64.6 Å². The van der Waals surface area contributed by atoms with Crippen molar-refractivity contribution in [1.29, 1.82) is 0 Å². The zero-order valence-electron chi connectivity index (χ0n) is 23.3. The highest BCUT2D eigenvalue weighted by atomic mass is 16.5. The second-order valence-electron chi connectivity index (χ2n) is 13.3. The number of esters is 1. The molecule has 0 bridgehead atoms. The molecule has 1 aliphatic heterocycles. The van der Waals surface area contributed by atoms with Gasteiger partial charge in [0.2, 0.25) is 5.91 Å². The predicted molar refractivity (Wildman–Crippen MR) is 141 cm³/mol. The summed E-state index contributed by atoms with van der Waals surface area (Å²) in [6.07, 6.45) is 13.0. The van der Waals surface area contributed by atoms with Crippen LogP contribution in [0.15, 0.2) is 23.0 Å². The summed E-state index contributed by atoms with van der Waals surface area (Å²) in [5, 5.41) is 2.95. The van der Waals surface area contributed by atoms with Crippen LogP contribution in [0.25, 0.3) is 0 Å². The zero-order valence-corrected chi connectivity index (χ0v) is 23.3. The Morgan fingerprint density at radius 3 is 2.69 bits per heavy atom. The minimum atomic E-state index is -0.145. The monoisotopic (exact) mass is 497 g/mol. The molecule has 36 heavy (non-hydrogen) atoms. The summed E-state index contributed by atoms with van der Waals surface area (Å²) in [7, 11) is 0. The van der Waals surface area contributed by atoms with Crippen LogP contribution in [0, 0.1) is 40.4 Å². The van der Waals surface area contributed by atoms with Crippen LogP contribution in [0.1, 0.15) is 99.3 Å². The van der Waals surface area contributed by atoms with Gasteiger partial charge in [-0.15, -0.1) is 0 Å². The molecule has 5 rings (SSSR count). The van der Waals surface area contributed by atoms with Crippen molar-refractivity contribution in [3.63, 3.8) is 0 Å². The van der Waals surface area contributed by atoms with Crippen LogP contribution in [-0.4, -0.2) is 30.6 Å². The molecular weight excluding hydrogens is 450 g/mol. The standard InChI is InChI=1S/C31H47NO4/c1-18(17-32-20(3)33)7-10-27-19(2)29-28(36-27)16-26-24-9-8-22-15-23(35-21(4)34)11-13-30(22,5)25(24)12-14-31(26,29)6/h8,18,23-26,28-29H,7,9-17H2,1-6H3,(H,32,33)/t18-,23+,24+,25-,26+,28+,29-,30+,31+/m1/s1. The van der Waals surface area contributed by atoms with Crippen LogP contribution < -0.4 is 5.32 Å². The van der Waals surface area contributed by atoms with Crippen LogP contribution in [0.5, 0.6) is 0 Å². The van der Waals surface area contributed by atoms with E-state index in [1.807, 2.05) is 0 Å². The molecule has 3 saturated carbocycles. The molecule has 5 heteroatoms. The Balaban J connectivity index is 1.29. The molecule has 0 aromatic rings. The summed E-state index contributed by atoms with van der Waals surface area (Å²) >= 11 is 0. The van der Waals surface area contributed by atoms with E-state index in [0.29, 0.717) is 23.4 Å². The van der Waals surface area contributed by atoms with Gasteiger partial charge in [0.15, 0.2) is 0 Å². The molecule has 0 radical (unpaired) electrons. The lowest BCUT2D eigenvalue weighted by Crippen LogP contribution is -2.50. The van der Waals surface area contributed by atoms with Crippen molar-refractivity contribution in [3.05, 3.63) is 23.0 Å². The number of carbonyl (C=O) groups is 2. The van der Waals surface area contributed by atoms with E-state index in [0.717, 1.165) is 56.4 Å². The fraction of sp³-hybridized carbons (Fsp3) is 0.806. The molecule has 0 aromatic heterocycles. The van der Waals surface area contributed by atoms with Gasteiger partial charge in [-0.25, -0.2) is 0 Å². The molecule has 4 aliphatic carbocycles. The van der Waals surface area contributed by atoms with Crippen molar-refractivity contribution < 1.29 is 19.1 Å². The highest BCUT2D eigenvalue weighted by Gasteiger charge is 2.63. The average Bonchev–Trinajstić information content (AvgIpc) is 3.29. The predicted octanol–water partition coefficient (Wildman–Crippen LogP) is 6.33. The van der Waals surface area contributed by atoms with Gasteiger partial charge in [0.1, 0.15) is 12.2 Å². The third-order valence-corrected chi connectivity index (χ3v) is 11.2. The second kappa shape index (κ2) is 9.51. The summed E-state index contributed by atoms with van der Waals surface area (Å²) in [5.74, 6) is 4.37. The Bertz CT molecular complexity index is 968. The number of hydrogen-bond donors (Lipinski definition) is 1. The minimum absolute atomic E-state index is 0.0504. The highest BCUT2D eigenvalue weighted by Crippen LogP contribution is 2.69. The summed E-state index contributed by atoms with van der Waals surface area (Å²) in [5.41, 5.74) is 3.66. The SMILES string of the molecule is CC(=O)NC[C@H](C)CCC1=C(C)[C@@H]2[C@H](C[C@H]3[C@H]4CC=C5C[C@@H](OC(C)=O)CC[C@]5(C)[C@@H]4CC[C@]23C)O1. The Morgan fingerprint density at radius 1 is 1.19 bits per heavy atom. The van der Waals surface area contributed by atoms with E-state index in [4.69, 9.17) is 9.47 Å². The van der Waals surface area contributed by atoms with Crippen LogP contribution in [0.3, 0.4) is 0 Å². The number of amides is 1. The van der Waals surface area contributed by atoms with Gasteiger partial charge in [0, 0.05) is 39.2 Å². The quantitative estimate of drug-likeness (QED) is 0.344. The first-order valence-electron chi connectivity index (χ1n) is 14.5. The molecule has 200 valence electrons. The van der Waals surface area contributed by atoms with Gasteiger partial charge in [-0.1, -0.05) is 32.4 Å². The maximum Gasteiger partial charge on any atom is 0.302 e. The Hall–Kier alpha value is -1.78. The third kappa shape index (κ3) is 4.32. The van der Waals surface area contributed by atoms with Crippen LogP contribution in [-0.2, 0) is 19.1 Å². The maximum absolute atomic E-state index is 11.5. The molecule has 9 atom stereocenters. The maximum atomic E-state index is 11.5. The van der Waals surface area contributed by atoms with Gasteiger partial charge < -0.3 is 14.8 Å². The first-order chi connectivity index (χ1) is 17.0. The van der Waals surface area contributed by atoms with Gasteiger partial charge in [0.25, 0.3) is 0 Å².